The van der Waals surface area contributed by atoms with E-state index in [1.807, 2.05) is 0 Å². The van der Waals surface area contributed by atoms with Crippen LogP contribution in [-0.2, 0) is 6.54 Å². The van der Waals surface area contributed by atoms with Crippen molar-refractivity contribution in [3.05, 3.63) is 60.2 Å². The van der Waals surface area contributed by atoms with Crippen LogP contribution < -0.4 is 5.73 Å². The molecule has 3 rings (SSSR count). The molecule has 0 spiro atoms. The van der Waals surface area contributed by atoms with Gasteiger partial charge in [-0.25, -0.2) is 0 Å². The average molecular weight is 380 g/mol. The standard InChI is InChI=1S/C23H33BN2O2/c25-23(12-6-7-15-24(27)28)20-13-16-26(17-14-20)18-21-10-4-5-11-22(21)19-8-2-1-3-9-19/h1-5,8-11,20,23,27-28H,6-7,12-18,25H2. The average Bonchev–Trinajstić information content (AvgIpc) is 2.72. The van der Waals surface area contributed by atoms with Crippen molar-refractivity contribution in [1.82, 2.24) is 4.90 Å². The van der Waals surface area contributed by atoms with Crippen LogP contribution in [0.3, 0.4) is 0 Å². The molecule has 1 aliphatic heterocycles. The summed E-state index contributed by atoms with van der Waals surface area (Å²) in [6.45, 7) is 3.18. The van der Waals surface area contributed by atoms with Crippen LogP contribution in [0, 0.1) is 5.92 Å². The molecule has 4 N–H and O–H groups in total. The van der Waals surface area contributed by atoms with Crippen LogP contribution in [0.15, 0.2) is 54.6 Å². The lowest BCUT2D eigenvalue weighted by molar-refractivity contribution is 0.159. The predicted octanol–water partition coefficient (Wildman–Crippen LogP) is 3.54. The van der Waals surface area contributed by atoms with Gasteiger partial charge in [0, 0.05) is 12.6 Å². The van der Waals surface area contributed by atoms with Crippen LogP contribution in [0.4, 0.5) is 0 Å². The molecular weight excluding hydrogens is 347 g/mol. The van der Waals surface area contributed by atoms with E-state index >= 15 is 0 Å². The Morgan fingerprint density at radius 3 is 2.36 bits per heavy atom. The predicted molar refractivity (Wildman–Crippen MR) is 117 cm³/mol. The van der Waals surface area contributed by atoms with Crippen molar-refractivity contribution in [3.8, 4) is 11.1 Å². The van der Waals surface area contributed by atoms with Crippen LogP contribution in [0.1, 0.15) is 37.7 Å². The monoisotopic (exact) mass is 380 g/mol. The second-order valence-electron chi connectivity index (χ2n) is 8.07. The summed E-state index contributed by atoms with van der Waals surface area (Å²) in [6, 6.07) is 19.6. The van der Waals surface area contributed by atoms with Crippen molar-refractivity contribution in [2.75, 3.05) is 13.1 Å². The number of rotatable bonds is 9. The van der Waals surface area contributed by atoms with Gasteiger partial charge in [0.1, 0.15) is 0 Å². The summed E-state index contributed by atoms with van der Waals surface area (Å²) < 4.78 is 0. The van der Waals surface area contributed by atoms with E-state index in [0.29, 0.717) is 12.2 Å². The van der Waals surface area contributed by atoms with Gasteiger partial charge in [-0.05, 0) is 61.3 Å². The number of hydrogen-bond acceptors (Lipinski definition) is 4. The lowest BCUT2D eigenvalue weighted by Crippen LogP contribution is -2.40. The smallest absolute Gasteiger partial charge is 0.427 e. The SMILES string of the molecule is NC(CCCCB(O)O)C1CCN(Cc2ccccc2-c2ccccc2)CC1. The maximum absolute atomic E-state index is 8.93. The largest absolute Gasteiger partial charge is 0.451 e. The van der Waals surface area contributed by atoms with Crippen molar-refractivity contribution < 1.29 is 10.0 Å². The van der Waals surface area contributed by atoms with E-state index in [0.717, 1.165) is 51.7 Å². The number of nitrogens with two attached hydrogens (primary N) is 1. The van der Waals surface area contributed by atoms with Crippen LogP contribution in [-0.4, -0.2) is 41.2 Å². The van der Waals surface area contributed by atoms with Crippen LogP contribution in [0.2, 0.25) is 6.32 Å². The molecule has 2 aromatic carbocycles. The number of hydrogen-bond donors (Lipinski definition) is 3. The first-order valence-corrected chi connectivity index (χ1v) is 10.6. The maximum Gasteiger partial charge on any atom is 0.451 e. The van der Waals surface area contributed by atoms with E-state index in [1.54, 1.807) is 0 Å². The summed E-state index contributed by atoms with van der Waals surface area (Å²) in [5.41, 5.74) is 10.4. The van der Waals surface area contributed by atoms with E-state index in [-0.39, 0.29) is 6.04 Å². The minimum atomic E-state index is -1.18. The van der Waals surface area contributed by atoms with Gasteiger partial charge in [0.15, 0.2) is 0 Å². The minimum absolute atomic E-state index is 0.231. The van der Waals surface area contributed by atoms with Gasteiger partial charge in [0.2, 0.25) is 0 Å². The first-order valence-electron chi connectivity index (χ1n) is 10.6. The normalized spacial score (nSPS) is 16.8. The van der Waals surface area contributed by atoms with Gasteiger partial charge < -0.3 is 15.8 Å². The van der Waals surface area contributed by atoms with E-state index < -0.39 is 7.12 Å². The first kappa shape index (κ1) is 21.1. The molecule has 1 saturated heterocycles. The number of likely N-dealkylation sites (tertiary alicyclic amines) is 1. The fraction of sp³-hybridized carbons (Fsp3) is 0.478. The van der Waals surface area contributed by atoms with E-state index in [9.17, 15) is 0 Å². The first-order chi connectivity index (χ1) is 13.6. The highest BCUT2D eigenvalue weighted by molar-refractivity contribution is 6.40. The molecule has 0 bridgehead atoms. The number of unbranched alkanes of at least 4 members (excludes halogenated alkanes) is 1. The van der Waals surface area contributed by atoms with Crippen molar-refractivity contribution in [3.63, 3.8) is 0 Å². The Bertz CT molecular complexity index is 703. The molecule has 5 heteroatoms. The van der Waals surface area contributed by atoms with Crippen LogP contribution in [0.5, 0.6) is 0 Å². The third-order valence-corrected chi connectivity index (χ3v) is 5.98. The van der Waals surface area contributed by atoms with E-state index in [1.165, 1.54) is 16.7 Å². The number of nitrogens with zero attached hydrogens (tertiary/aromatic N) is 1. The molecule has 0 radical (unpaired) electrons. The fourth-order valence-corrected chi connectivity index (χ4v) is 4.28. The molecule has 28 heavy (non-hydrogen) atoms. The highest BCUT2D eigenvalue weighted by Gasteiger charge is 2.24. The zero-order valence-corrected chi connectivity index (χ0v) is 16.7. The van der Waals surface area contributed by atoms with Gasteiger partial charge in [0.05, 0.1) is 0 Å². The van der Waals surface area contributed by atoms with Crippen molar-refractivity contribution in [1.29, 1.82) is 0 Å². The molecule has 4 nitrogen and oxygen atoms in total. The molecule has 1 atom stereocenters. The van der Waals surface area contributed by atoms with Crippen molar-refractivity contribution in [2.24, 2.45) is 11.7 Å². The molecule has 1 unspecified atom stereocenters. The second kappa shape index (κ2) is 10.8. The topological polar surface area (TPSA) is 69.7 Å². The molecule has 1 aliphatic rings. The Morgan fingerprint density at radius 1 is 0.964 bits per heavy atom. The Kier molecular flexibility index (Phi) is 8.10. The molecule has 1 fully saturated rings. The molecular formula is C23H33BN2O2. The number of benzene rings is 2. The minimum Gasteiger partial charge on any atom is -0.427 e. The van der Waals surface area contributed by atoms with Gasteiger partial charge in [-0.1, -0.05) is 67.4 Å². The second-order valence-corrected chi connectivity index (χ2v) is 8.07. The Morgan fingerprint density at radius 2 is 1.64 bits per heavy atom. The summed E-state index contributed by atoms with van der Waals surface area (Å²) >= 11 is 0. The summed E-state index contributed by atoms with van der Waals surface area (Å²) in [5.74, 6) is 0.583. The van der Waals surface area contributed by atoms with Crippen LogP contribution in [0.25, 0.3) is 11.1 Å². The van der Waals surface area contributed by atoms with Gasteiger partial charge in [0.25, 0.3) is 0 Å². The summed E-state index contributed by atoms with van der Waals surface area (Å²) in [5, 5.41) is 17.9. The zero-order chi connectivity index (χ0) is 19.8. The Balaban J connectivity index is 1.49. The fourth-order valence-electron chi connectivity index (χ4n) is 4.28. The molecule has 1 heterocycles. The Labute approximate surface area is 169 Å². The molecule has 2 aromatic rings. The van der Waals surface area contributed by atoms with E-state index in [2.05, 4.69) is 59.5 Å². The summed E-state index contributed by atoms with van der Waals surface area (Å²) in [6.07, 6.45) is 5.54. The quantitative estimate of drug-likeness (QED) is 0.460. The number of piperidine rings is 1. The third kappa shape index (κ3) is 6.18. The highest BCUT2D eigenvalue weighted by atomic mass is 16.4. The van der Waals surface area contributed by atoms with Gasteiger partial charge in [-0.2, -0.15) is 0 Å². The van der Waals surface area contributed by atoms with E-state index in [4.69, 9.17) is 15.8 Å². The maximum atomic E-state index is 8.93. The van der Waals surface area contributed by atoms with Gasteiger partial charge in [-0.15, -0.1) is 0 Å². The zero-order valence-electron chi connectivity index (χ0n) is 16.7. The van der Waals surface area contributed by atoms with Gasteiger partial charge in [-0.3, -0.25) is 4.90 Å². The van der Waals surface area contributed by atoms with Crippen LogP contribution >= 0.6 is 0 Å². The third-order valence-electron chi connectivity index (χ3n) is 5.98. The molecule has 0 aromatic heterocycles. The summed E-state index contributed by atoms with van der Waals surface area (Å²) in [7, 11) is -1.18. The molecule has 0 saturated carbocycles. The van der Waals surface area contributed by atoms with Gasteiger partial charge >= 0.3 is 7.12 Å². The molecule has 150 valence electrons. The Hall–Kier alpha value is -1.66. The highest BCUT2D eigenvalue weighted by Crippen LogP contribution is 2.27. The van der Waals surface area contributed by atoms with Crippen molar-refractivity contribution in [2.45, 2.75) is 51.0 Å². The lowest BCUT2D eigenvalue weighted by atomic mass is 9.82. The lowest BCUT2D eigenvalue weighted by Gasteiger charge is -2.35. The summed E-state index contributed by atoms with van der Waals surface area (Å²) in [4.78, 5) is 2.55. The molecule has 0 amide bonds. The molecule has 0 aliphatic carbocycles. The van der Waals surface area contributed by atoms with Crippen molar-refractivity contribution >= 4 is 7.12 Å².